The van der Waals surface area contributed by atoms with Crippen molar-refractivity contribution in [2.24, 2.45) is 0 Å². The molecule has 1 heterocycles. The molecular formula is C18H25N5O2. The lowest BCUT2D eigenvalue weighted by atomic mass is 10.1. The number of urea groups is 1. The summed E-state index contributed by atoms with van der Waals surface area (Å²) >= 11 is 0. The molecular weight excluding hydrogens is 318 g/mol. The first-order valence-corrected chi connectivity index (χ1v) is 8.06. The van der Waals surface area contributed by atoms with Gasteiger partial charge in [0.25, 0.3) is 0 Å². The molecule has 7 heteroatoms. The van der Waals surface area contributed by atoms with E-state index in [1.807, 2.05) is 57.1 Å². The van der Waals surface area contributed by atoms with Crippen molar-refractivity contribution in [3.8, 4) is 5.75 Å². The maximum Gasteiger partial charge on any atom is 0.320 e. The standard InChI is InChI=1S/C18H25N5O2/c1-12-10-17(22-21-13(12)2)20-18(24)19-16(11-23(3)4)14-6-8-15(25-5)9-7-14/h6-10,16H,11H2,1-5H3,(H2,19,20,22,24). The van der Waals surface area contributed by atoms with Gasteiger partial charge in [0, 0.05) is 6.54 Å². The second kappa shape index (κ2) is 8.43. The molecule has 0 fully saturated rings. The van der Waals surface area contributed by atoms with Gasteiger partial charge in [-0.15, -0.1) is 5.10 Å². The van der Waals surface area contributed by atoms with Crippen molar-refractivity contribution in [2.75, 3.05) is 33.1 Å². The fraction of sp³-hybridized carbons (Fsp3) is 0.389. The van der Waals surface area contributed by atoms with Gasteiger partial charge in [-0.25, -0.2) is 4.79 Å². The normalized spacial score (nSPS) is 11.9. The lowest BCUT2D eigenvalue weighted by molar-refractivity contribution is 0.244. The number of hydrogen-bond acceptors (Lipinski definition) is 5. The van der Waals surface area contributed by atoms with Crippen molar-refractivity contribution in [2.45, 2.75) is 19.9 Å². The van der Waals surface area contributed by atoms with Crippen molar-refractivity contribution in [3.63, 3.8) is 0 Å². The Labute approximate surface area is 148 Å². The zero-order valence-electron chi connectivity index (χ0n) is 15.3. The number of anilines is 1. The van der Waals surface area contributed by atoms with Gasteiger partial charge < -0.3 is 15.0 Å². The number of carbonyl (C=O) groups excluding carboxylic acids is 1. The van der Waals surface area contributed by atoms with Crippen LogP contribution in [0.3, 0.4) is 0 Å². The van der Waals surface area contributed by atoms with Gasteiger partial charge in [-0.2, -0.15) is 5.10 Å². The van der Waals surface area contributed by atoms with E-state index in [2.05, 4.69) is 20.8 Å². The quantitative estimate of drug-likeness (QED) is 0.842. The van der Waals surface area contributed by atoms with Crippen LogP contribution in [0.2, 0.25) is 0 Å². The number of carbonyl (C=O) groups is 1. The van der Waals surface area contributed by atoms with Crippen molar-refractivity contribution >= 4 is 11.8 Å². The fourth-order valence-corrected chi connectivity index (χ4v) is 2.35. The molecule has 1 aromatic carbocycles. The summed E-state index contributed by atoms with van der Waals surface area (Å²) < 4.78 is 5.19. The predicted molar refractivity (Wildman–Crippen MR) is 97.9 cm³/mol. The lowest BCUT2D eigenvalue weighted by Crippen LogP contribution is -2.38. The summed E-state index contributed by atoms with van der Waals surface area (Å²) in [4.78, 5) is 14.4. The number of aryl methyl sites for hydroxylation is 2. The van der Waals surface area contributed by atoms with Crippen LogP contribution >= 0.6 is 0 Å². The van der Waals surface area contributed by atoms with E-state index < -0.39 is 0 Å². The molecule has 1 aromatic heterocycles. The molecule has 25 heavy (non-hydrogen) atoms. The number of nitrogens with zero attached hydrogens (tertiary/aromatic N) is 3. The third kappa shape index (κ3) is 5.42. The van der Waals surface area contributed by atoms with Gasteiger partial charge in [0.2, 0.25) is 0 Å². The summed E-state index contributed by atoms with van der Waals surface area (Å²) in [6, 6.07) is 8.97. The topological polar surface area (TPSA) is 79.4 Å². The Morgan fingerprint density at radius 1 is 1.20 bits per heavy atom. The van der Waals surface area contributed by atoms with Crippen molar-refractivity contribution in [3.05, 3.63) is 47.2 Å². The van der Waals surface area contributed by atoms with Crippen LogP contribution in [0.25, 0.3) is 0 Å². The lowest BCUT2D eigenvalue weighted by Gasteiger charge is -2.23. The fourth-order valence-electron chi connectivity index (χ4n) is 2.35. The number of likely N-dealkylation sites (N-methyl/N-ethyl adjacent to an activating group) is 1. The van der Waals surface area contributed by atoms with Crippen LogP contribution in [0.15, 0.2) is 30.3 Å². The number of aromatic nitrogens is 2. The highest BCUT2D eigenvalue weighted by Gasteiger charge is 2.16. The van der Waals surface area contributed by atoms with Gasteiger partial charge in [-0.05, 0) is 57.3 Å². The zero-order valence-corrected chi connectivity index (χ0v) is 15.3. The van der Waals surface area contributed by atoms with E-state index in [0.29, 0.717) is 12.4 Å². The van der Waals surface area contributed by atoms with E-state index in [0.717, 1.165) is 22.6 Å². The summed E-state index contributed by atoms with van der Waals surface area (Å²) in [5, 5.41) is 13.7. The summed E-state index contributed by atoms with van der Waals surface area (Å²) in [6.07, 6.45) is 0. The second-order valence-electron chi connectivity index (χ2n) is 6.18. The molecule has 7 nitrogen and oxygen atoms in total. The Bertz CT molecular complexity index is 716. The Kier molecular flexibility index (Phi) is 6.30. The number of benzene rings is 1. The third-order valence-electron chi connectivity index (χ3n) is 3.84. The summed E-state index contributed by atoms with van der Waals surface area (Å²) in [5.41, 5.74) is 2.82. The van der Waals surface area contributed by atoms with Crippen molar-refractivity contribution < 1.29 is 9.53 Å². The van der Waals surface area contributed by atoms with Crippen molar-refractivity contribution in [1.29, 1.82) is 0 Å². The first-order chi connectivity index (χ1) is 11.9. The van der Waals surface area contributed by atoms with E-state index in [1.54, 1.807) is 13.2 Å². The molecule has 1 unspecified atom stereocenters. The number of hydrogen-bond donors (Lipinski definition) is 2. The molecule has 134 valence electrons. The summed E-state index contributed by atoms with van der Waals surface area (Å²) in [6.45, 7) is 4.47. The molecule has 2 amide bonds. The Balaban J connectivity index is 2.09. The first-order valence-electron chi connectivity index (χ1n) is 8.06. The summed E-state index contributed by atoms with van der Waals surface area (Å²) in [5.74, 6) is 1.21. The molecule has 0 aliphatic carbocycles. The SMILES string of the molecule is COc1ccc(C(CN(C)C)NC(=O)Nc2cc(C)c(C)nn2)cc1. The van der Waals surface area contributed by atoms with E-state index >= 15 is 0 Å². The summed E-state index contributed by atoms with van der Waals surface area (Å²) in [7, 11) is 5.55. The van der Waals surface area contributed by atoms with Crippen LogP contribution in [0.4, 0.5) is 10.6 Å². The predicted octanol–water partition coefficient (Wildman–Crippen LogP) is 2.53. The molecule has 2 N–H and O–H groups in total. The third-order valence-corrected chi connectivity index (χ3v) is 3.84. The molecule has 2 rings (SSSR count). The van der Waals surface area contributed by atoms with Gasteiger partial charge >= 0.3 is 6.03 Å². The molecule has 0 aliphatic rings. The monoisotopic (exact) mass is 343 g/mol. The largest absolute Gasteiger partial charge is 0.497 e. The maximum atomic E-state index is 12.4. The van der Waals surface area contributed by atoms with E-state index in [9.17, 15) is 4.79 Å². The zero-order chi connectivity index (χ0) is 18.4. The average molecular weight is 343 g/mol. The second-order valence-corrected chi connectivity index (χ2v) is 6.18. The van der Waals surface area contributed by atoms with Crippen LogP contribution in [0, 0.1) is 13.8 Å². The molecule has 0 spiro atoms. The number of rotatable bonds is 6. The van der Waals surface area contributed by atoms with Crippen LogP contribution in [0.1, 0.15) is 22.9 Å². The van der Waals surface area contributed by atoms with E-state index in [4.69, 9.17) is 4.74 Å². The molecule has 0 saturated carbocycles. The van der Waals surface area contributed by atoms with Crippen LogP contribution in [-0.2, 0) is 0 Å². The minimum Gasteiger partial charge on any atom is -0.497 e. The number of nitrogens with one attached hydrogen (secondary N) is 2. The minimum atomic E-state index is -0.319. The van der Waals surface area contributed by atoms with Crippen LogP contribution in [-0.4, -0.2) is 48.9 Å². The van der Waals surface area contributed by atoms with Gasteiger partial charge in [0.1, 0.15) is 5.75 Å². The maximum absolute atomic E-state index is 12.4. The number of amides is 2. The van der Waals surface area contributed by atoms with E-state index in [-0.39, 0.29) is 12.1 Å². The van der Waals surface area contributed by atoms with Crippen LogP contribution in [0.5, 0.6) is 5.75 Å². The first kappa shape index (κ1) is 18.7. The molecule has 2 aromatic rings. The number of methoxy groups -OCH3 is 1. The molecule has 0 bridgehead atoms. The van der Waals surface area contributed by atoms with Gasteiger partial charge in [-0.1, -0.05) is 12.1 Å². The van der Waals surface area contributed by atoms with Crippen LogP contribution < -0.4 is 15.4 Å². The van der Waals surface area contributed by atoms with Crippen molar-refractivity contribution in [1.82, 2.24) is 20.4 Å². The molecule has 0 saturated heterocycles. The van der Waals surface area contributed by atoms with Gasteiger partial charge in [-0.3, -0.25) is 5.32 Å². The highest BCUT2D eigenvalue weighted by atomic mass is 16.5. The molecule has 1 atom stereocenters. The minimum absolute atomic E-state index is 0.166. The van der Waals surface area contributed by atoms with Gasteiger partial charge in [0.05, 0.1) is 18.8 Å². The highest BCUT2D eigenvalue weighted by Crippen LogP contribution is 2.18. The Morgan fingerprint density at radius 2 is 1.88 bits per heavy atom. The Morgan fingerprint density at radius 3 is 2.44 bits per heavy atom. The molecule has 0 radical (unpaired) electrons. The molecule has 0 aliphatic heterocycles. The Hall–Kier alpha value is -2.67. The average Bonchev–Trinajstić information content (AvgIpc) is 2.57. The van der Waals surface area contributed by atoms with E-state index in [1.165, 1.54) is 0 Å². The smallest absolute Gasteiger partial charge is 0.320 e. The van der Waals surface area contributed by atoms with Gasteiger partial charge in [0.15, 0.2) is 5.82 Å². The highest BCUT2D eigenvalue weighted by molar-refractivity contribution is 5.88. The number of ether oxygens (including phenoxy) is 1.